The van der Waals surface area contributed by atoms with Crippen LogP contribution in [-0.2, 0) is 9.84 Å². The highest BCUT2D eigenvalue weighted by Crippen LogP contribution is 2.24. The van der Waals surface area contributed by atoms with Gasteiger partial charge in [0.25, 0.3) is 0 Å². The molecule has 1 aromatic carbocycles. The van der Waals surface area contributed by atoms with Crippen molar-refractivity contribution in [3.05, 3.63) is 18.2 Å². The van der Waals surface area contributed by atoms with Crippen molar-refractivity contribution in [1.82, 2.24) is 0 Å². The lowest BCUT2D eigenvalue weighted by Gasteiger charge is -2.06. The number of benzene rings is 1. The third kappa shape index (κ3) is 3.05. The van der Waals surface area contributed by atoms with E-state index in [1.807, 2.05) is 0 Å². The summed E-state index contributed by atoms with van der Waals surface area (Å²) in [6.45, 7) is 0. The molecule has 0 aromatic heterocycles. The van der Waals surface area contributed by atoms with Crippen molar-refractivity contribution in [1.29, 1.82) is 0 Å². The first kappa shape index (κ1) is 14.6. The van der Waals surface area contributed by atoms with Crippen molar-refractivity contribution < 1.29 is 13.2 Å². The highest BCUT2D eigenvalue weighted by Gasteiger charge is 2.14. The fourth-order valence-electron chi connectivity index (χ4n) is 1.10. The molecule has 1 aromatic rings. The topological polar surface area (TPSA) is 69.4 Å². The molecule has 0 radical (unpaired) electrons. The number of methoxy groups -OCH3 is 1. The zero-order chi connectivity index (χ0) is 11.5. The molecule has 0 unspecified atom stereocenters. The smallest absolute Gasteiger partial charge is 0.189 e. The lowest BCUT2D eigenvalue weighted by molar-refractivity contribution is 0.416. The number of nitrogens with two attached hydrogens (primary N) is 1. The average molecular weight is 262 g/mol. The van der Waals surface area contributed by atoms with Gasteiger partial charge >= 0.3 is 0 Å². The van der Waals surface area contributed by atoms with Gasteiger partial charge in [0.05, 0.1) is 17.7 Å². The predicted molar refractivity (Wildman–Crippen MR) is 65.5 cm³/mol. The molecule has 0 heterocycles. The summed E-state index contributed by atoms with van der Waals surface area (Å²) in [7, 11) is -1.97. The molecule has 0 saturated heterocycles. The highest BCUT2D eigenvalue weighted by atomic mass is 35.5. The summed E-state index contributed by atoms with van der Waals surface area (Å²) in [5.74, 6) is 2.20. The minimum absolute atomic E-state index is 0. The molecular weight excluding hydrogens is 250 g/mol. The Balaban J connectivity index is 0.00000225. The Bertz CT molecular complexity index is 505. The van der Waals surface area contributed by atoms with E-state index in [0.29, 0.717) is 5.75 Å². The summed E-state index contributed by atoms with van der Waals surface area (Å²) >= 11 is 0. The Morgan fingerprint density at radius 3 is 2.56 bits per heavy atom. The van der Waals surface area contributed by atoms with Crippen LogP contribution in [0.4, 0.5) is 5.69 Å². The van der Waals surface area contributed by atoms with E-state index in [0.717, 1.165) is 0 Å². The van der Waals surface area contributed by atoms with Crippen LogP contribution in [0.3, 0.4) is 0 Å². The van der Waals surface area contributed by atoms with Crippen LogP contribution in [0.15, 0.2) is 23.1 Å². The molecule has 0 saturated carbocycles. The first-order valence-electron chi connectivity index (χ1n) is 4.11. The van der Waals surface area contributed by atoms with Crippen LogP contribution in [0.25, 0.3) is 0 Å². The molecule has 2 N–H and O–H groups in total. The predicted octanol–water partition coefficient (Wildman–Crippen LogP) is 1.11. The number of rotatable bonds is 3. The van der Waals surface area contributed by atoms with Crippen LogP contribution in [0.5, 0.6) is 5.75 Å². The molecule has 0 amide bonds. The maximum absolute atomic E-state index is 11.5. The van der Waals surface area contributed by atoms with Crippen molar-refractivity contribution in [2.24, 2.45) is 0 Å². The minimum atomic E-state index is -3.43. The van der Waals surface area contributed by atoms with Gasteiger partial charge in [0.2, 0.25) is 0 Å². The van der Waals surface area contributed by atoms with Gasteiger partial charge in [0.1, 0.15) is 11.5 Å². The van der Waals surface area contributed by atoms with Crippen molar-refractivity contribution in [3.8, 4) is 18.1 Å². The van der Waals surface area contributed by atoms with E-state index in [9.17, 15) is 8.42 Å². The Hall–Kier alpha value is -1.38. The Morgan fingerprint density at radius 2 is 2.12 bits per heavy atom. The average Bonchev–Trinajstić information content (AvgIpc) is 2.17. The SMILES string of the molecule is C#CCS(=O)(=O)c1ccc(OC)c(N)c1.Cl. The number of anilines is 1. The van der Waals surface area contributed by atoms with E-state index in [4.69, 9.17) is 16.9 Å². The van der Waals surface area contributed by atoms with Gasteiger partial charge < -0.3 is 10.5 Å². The van der Waals surface area contributed by atoms with Crippen molar-refractivity contribution in [2.45, 2.75) is 4.90 Å². The number of ether oxygens (including phenoxy) is 1. The minimum Gasteiger partial charge on any atom is -0.495 e. The second-order valence-corrected chi connectivity index (χ2v) is 4.86. The van der Waals surface area contributed by atoms with E-state index >= 15 is 0 Å². The molecule has 0 fully saturated rings. The van der Waals surface area contributed by atoms with Crippen molar-refractivity contribution in [2.75, 3.05) is 18.6 Å². The Labute approximate surface area is 101 Å². The molecule has 0 bridgehead atoms. The van der Waals surface area contributed by atoms with Gasteiger partial charge in [-0.05, 0) is 18.2 Å². The summed E-state index contributed by atoms with van der Waals surface area (Å²) in [6.07, 6.45) is 4.96. The fourth-order valence-corrected chi connectivity index (χ4v) is 2.07. The summed E-state index contributed by atoms with van der Waals surface area (Å²) in [4.78, 5) is 0.110. The number of hydrogen-bond donors (Lipinski definition) is 1. The number of terminal acetylenes is 1. The Morgan fingerprint density at radius 1 is 1.50 bits per heavy atom. The summed E-state index contributed by atoms with van der Waals surface area (Å²) in [6, 6.07) is 4.26. The maximum Gasteiger partial charge on any atom is 0.189 e. The molecule has 6 heteroatoms. The largest absolute Gasteiger partial charge is 0.495 e. The molecule has 0 atom stereocenters. The van der Waals surface area contributed by atoms with Gasteiger partial charge in [0.15, 0.2) is 9.84 Å². The zero-order valence-corrected chi connectivity index (χ0v) is 10.3. The highest BCUT2D eigenvalue weighted by molar-refractivity contribution is 7.91. The lowest BCUT2D eigenvalue weighted by Crippen LogP contribution is -2.05. The third-order valence-electron chi connectivity index (χ3n) is 1.83. The van der Waals surface area contributed by atoms with Gasteiger partial charge in [-0.2, -0.15) is 0 Å². The summed E-state index contributed by atoms with van der Waals surface area (Å²) in [5, 5.41) is 0. The summed E-state index contributed by atoms with van der Waals surface area (Å²) in [5.41, 5.74) is 5.86. The standard InChI is InChI=1S/C10H11NO3S.ClH/c1-3-6-15(12,13)8-4-5-10(14-2)9(11)7-8;/h1,4-5,7H,6,11H2,2H3;1H. The molecular formula is C10H12ClNO3S. The number of sulfone groups is 1. The van der Waals surface area contributed by atoms with Gasteiger partial charge in [0, 0.05) is 0 Å². The van der Waals surface area contributed by atoms with E-state index in [-0.39, 0.29) is 28.7 Å². The van der Waals surface area contributed by atoms with Crippen LogP contribution in [0.1, 0.15) is 0 Å². The number of halogens is 1. The van der Waals surface area contributed by atoms with Gasteiger partial charge in [-0.15, -0.1) is 18.8 Å². The van der Waals surface area contributed by atoms with E-state index in [1.54, 1.807) is 0 Å². The van der Waals surface area contributed by atoms with Crippen LogP contribution >= 0.6 is 12.4 Å². The first-order chi connectivity index (χ1) is 7.01. The van der Waals surface area contributed by atoms with Crippen LogP contribution in [0.2, 0.25) is 0 Å². The molecule has 16 heavy (non-hydrogen) atoms. The van der Waals surface area contributed by atoms with Crippen molar-refractivity contribution in [3.63, 3.8) is 0 Å². The fraction of sp³-hybridized carbons (Fsp3) is 0.200. The second kappa shape index (κ2) is 5.64. The number of nitrogen functional groups attached to an aromatic ring is 1. The third-order valence-corrected chi connectivity index (χ3v) is 3.35. The lowest BCUT2D eigenvalue weighted by atomic mass is 10.3. The Kier molecular flexibility index (Phi) is 5.15. The molecule has 0 aliphatic heterocycles. The van der Waals surface area contributed by atoms with Gasteiger partial charge in [-0.25, -0.2) is 8.42 Å². The molecule has 1 rings (SSSR count). The molecule has 88 valence electrons. The normalized spacial score (nSPS) is 10.0. The monoisotopic (exact) mass is 261 g/mol. The van der Waals surface area contributed by atoms with Crippen LogP contribution < -0.4 is 10.5 Å². The molecule has 4 nitrogen and oxygen atoms in total. The van der Waals surface area contributed by atoms with Crippen molar-refractivity contribution >= 4 is 27.9 Å². The van der Waals surface area contributed by atoms with Gasteiger partial charge in [-0.1, -0.05) is 5.92 Å². The summed E-state index contributed by atoms with van der Waals surface area (Å²) < 4.78 is 28.0. The maximum atomic E-state index is 11.5. The quantitative estimate of drug-likeness (QED) is 0.654. The molecule has 0 spiro atoms. The molecule has 0 aliphatic carbocycles. The second-order valence-electron chi connectivity index (χ2n) is 2.87. The van der Waals surface area contributed by atoms with E-state index in [1.165, 1.54) is 25.3 Å². The molecule has 0 aliphatic rings. The van der Waals surface area contributed by atoms with Crippen LogP contribution in [-0.4, -0.2) is 21.3 Å². The first-order valence-corrected chi connectivity index (χ1v) is 5.76. The number of hydrogen-bond acceptors (Lipinski definition) is 4. The van der Waals surface area contributed by atoms with E-state index in [2.05, 4.69) is 5.92 Å². The van der Waals surface area contributed by atoms with E-state index < -0.39 is 9.84 Å². The van der Waals surface area contributed by atoms with Gasteiger partial charge in [-0.3, -0.25) is 0 Å². The zero-order valence-electron chi connectivity index (χ0n) is 8.64. The van der Waals surface area contributed by atoms with Crippen LogP contribution in [0, 0.1) is 12.3 Å².